The highest BCUT2D eigenvalue weighted by Gasteiger charge is 2.26. The molecular formula is C10H15NS. The lowest BCUT2D eigenvalue weighted by Gasteiger charge is -2.32. The van der Waals surface area contributed by atoms with Crippen LogP contribution in [0.4, 0.5) is 0 Å². The van der Waals surface area contributed by atoms with Crippen LogP contribution >= 0.6 is 11.3 Å². The van der Waals surface area contributed by atoms with E-state index in [2.05, 4.69) is 18.4 Å². The molecule has 1 aromatic rings. The van der Waals surface area contributed by atoms with Crippen molar-refractivity contribution in [1.29, 1.82) is 0 Å². The van der Waals surface area contributed by atoms with Crippen LogP contribution in [0.25, 0.3) is 0 Å². The van der Waals surface area contributed by atoms with Crippen LogP contribution in [-0.2, 0) is 6.42 Å². The van der Waals surface area contributed by atoms with Crippen molar-refractivity contribution >= 4 is 11.3 Å². The van der Waals surface area contributed by atoms with E-state index in [1.807, 2.05) is 11.3 Å². The number of rotatable bonds is 2. The molecule has 1 aliphatic carbocycles. The number of nitrogens with two attached hydrogens (primary N) is 1. The van der Waals surface area contributed by atoms with Gasteiger partial charge in [0, 0.05) is 10.9 Å². The van der Waals surface area contributed by atoms with Crippen molar-refractivity contribution in [3.05, 3.63) is 21.9 Å². The van der Waals surface area contributed by atoms with Gasteiger partial charge in [-0.05, 0) is 49.1 Å². The van der Waals surface area contributed by atoms with Crippen molar-refractivity contribution in [3.63, 3.8) is 0 Å². The maximum Gasteiger partial charge on any atom is 0.00771 e. The summed E-state index contributed by atoms with van der Waals surface area (Å²) in [6, 6.07) is 2.70. The van der Waals surface area contributed by atoms with E-state index in [0.29, 0.717) is 6.04 Å². The van der Waals surface area contributed by atoms with Crippen molar-refractivity contribution in [2.24, 2.45) is 11.7 Å². The second kappa shape index (κ2) is 3.19. The molecule has 66 valence electrons. The van der Waals surface area contributed by atoms with Crippen LogP contribution < -0.4 is 5.73 Å². The van der Waals surface area contributed by atoms with E-state index in [1.165, 1.54) is 24.8 Å². The molecule has 0 amide bonds. The Balaban J connectivity index is 1.92. The molecule has 0 aromatic carbocycles. The maximum atomic E-state index is 5.74. The zero-order valence-electron chi connectivity index (χ0n) is 7.42. The minimum absolute atomic E-state index is 0.496. The molecule has 0 unspecified atom stereocenters. The van der Waals surface area contributed by atoms with E-state index < -0.39 is 0 Å². The van der Waals surface area contributed by atoms with Crippen LogP contribution in [0.15, 0.2) is 11.4 Å². The average molecular weight is 181 g/mol. The number of hydrogen-bond acceptors (Lipinski definition) is 2. The van der Waals surface area contributed by atoms with E-state index in [-0.39, 0.29) is 0 Å². The van der Waals surface area contributed by atoms with Gasteiger partial charge in [0.1, 0.15) is 0 Å². The Labute approximate surface area is 77.6 Å². The van der Waals surface area contributed by atoms with E-state index in [1.54, 1.807) is 4.88 Å². The third kappa shape index (κ3) is 1.54. The molecule has 1 heterocycles. The van der Waals surface area contributed by atoms with Gasteiger partial charge in [-0.3, -0.25) is 0 Å². The predicted octanol–water partition coefficient (Wildman–Crippen LogP) is 2.34. The smallest absolute Gasteiger partial charge is 0.00771 e. The van der Waals surface area contributed by atoms with Crippen molar-refractivity contribution in [3.8, 4) is 0 Å². The molecular weight excluding hydrogens is 166 g/mol. The normalized spacial score (nSPS) is 28.5. The Bertz CT molecular complexity index is 261. The van der Waals surface area contributed by atoms with Gasteiger partial charge in [0.05, 0.1) is 0 Å². The Morgan fingerprint density at radius 1 is 1.58 bits per heavy atom. The topological polar surface area (TPSA) is 26.0 Å². The van der Waals surface area contributed by atoms with E-state index in [0.717, 1.165) is 5.92 Å². The number of hydrogen-bond donors (Lipinski definition) is 1. The van der Waals surface area contributed by atoms with Gasteiger partial charge < -0.3 is 5.73 Å². The monoisotopic (exact) mass is 181 g/mol. The number of thiophene rings is 1. The van der Waals surface area contributed by atoms with Crippen LogP contribution in [0, 0.1) is 12.8 Å². The SMILES string of the molecule is Cc1ccsc1CC1CC(N)C1. The minimum atomic E-state index is 0.496. The Morgan fingerprint density at radius 3 is 2.83 bits per heavy atom. The second-order valence-electron chi connectivity index (χ2n) is 3.83. The Kier molecular flexibility index (Phi) is 2.20. The largest absolute Gasteiger partial charge is 0.328 e. The molecule has 1 fully saturated rings. The summed E-state index contributed by atoms with van der Waals surface area (Å²) in [7, 11) is 0. The standard InChI is InChI=1S/C10H15NS/c1-7-2-3-12-10(7)6-8-4-9(11)5-8/h2-3,8-9H,4-6,11H2,1H3. The Hall–Kier alpha value is -0.340. The summed E-state index contributed by atoms with van der Waals surface area (Å²) in [6.45, 7) is 2.20. The fourth-order valence-electron chi connectivity index (χ4n) is 1.83. The summed E-state index contributed by atoms with van der Waals surface area (Å²) in [5, 5.41) is 2.18. The summed E-state index contributed by atoms with van der Waals surface area (Å²) < 4.78 is 0. The lowest BCUT2D eigenvalue weighted by Crippen LogP contribution is -2.37. The molecule has 0 radical (unpaired) electrons. The molecule has 0 saturated heterocycles. The van der Waals surface area contributed by atoms with Gasteiger partial charge >= 0.3 is 0 Å². The Morgan fingerprint density at radius 2 is 2.33 bits per heavy atom. The molecule has 1 nitrogen and oxygen atoms in total. The lowest BCUT2D eigenvalue weighted by atomic mass is 9.78. The highest BCUT2D eigenvalue weighted by molar-refractivity contribution is 7.10. The van der Waals surface area contributed by atoms with Gasteiger partial charge in [-0.1, -0.05) is 0 Å². The summed E-state index contributed by atoms with van der Waals surface area (Å²) in [5.74, 6) is 0.873. The molecule has 1 aromatic heterocycles. The highest BCUT2D eigenvalue weighted by Crippen LogP contribution is 2.31. The third-order valence-electron chi connectivity index (χ3n) is 2.71. The molecule has 1 aliphatic rings. The van der Waals surface area contributed by atoms with Crippen molar-refractivity contribution in [2.75, 3.05) is 0 Å². The van der Waals surface area contributed by atoms with Crippen LogP contribution in [0.1, 0.15) is 23.3 Å². The zero-order valence-corrected chi connectivity index (χ0v) is 8.23. The van der Waals surface area contributed by atoms with Crippen LogP contribution in [0.3, 0.4) is 0 Å². The van der Waals surface area contributed by atoms with Crippen LogP contribution in [-0.4, -0.2) is 6.04 Å². The van der Waals surface area contributed by atoms with Crippen molar-refractivity contribution < 1.29 is 0 Å². The van der Waals surface area contributed by atoms with Gasteiger partial charge in [0.2, 0.25) is 0 Å². The molecule has 0 spiro atoms. The van der Waals surface area contributed by atoms with Gasteiger partial charge in [-0.2, -0.15) is 0 Å². The van der Waals surface area contributed by atoms with Gasteiger partial charge in [-0.25, -0.2) is 0 Å². The lowest BCUT2D eigenvalue weighted by molar-refractivity contribution is 0.265. The summed E-state index contributed by atoms with van der Waals surface area (Å²) in [4.78, 5) is 1.56. The molecule has 1 saturated carbocycles. The predicted molar refractivity (Wildman–Crippen MR) is 53.5 cm³/mol. The minimum Gasteiger partial charge on any atom is -0.328 e. The van der Waals surface area contributed by atoms with E-state index in [9.17, 15) is 0 Å². The fourth-order valence-corrected chi connectivity index (χ4v) is 2.85. The first-order valence-electron chi connectivity index (χ1n) is 4.54. The van der Waals surface area contributed by atoms with Gasteiger partial charge in [0.15, 0.2) is 0 Å². The third-order valence-corrected chi connectivity index (χ3v) is 3.76. The van der Waals surface area contributed by atoms with E-state index in [4.69, 9.17) is 5.73 Å². The first-order chi connectivity index (χ1) is 5.75. The summed E-state index contributed by atoms with van der Waals surface area (Å²) >= 11 is 1.89. The molecule has 2 N–H and O–H groups in total. The fraction of sp³-hybridized carbons (Fsp3) is 0.600. The van der Waals surface area contributed by atoms with E-state index >= 15 is 0 Å². The van der Waals surface area contributed by atoms with Gasteiger partial charge in [0.25, 0.3) is 0 Å². The highest BCUT2D eigenvalue weighted by atomic mass is 32.1. The van der Waals surface area contributed by atoms with Gasteiger partial charge in [-0.15, -0.1) is 11.3 Å². The zero-order chi connectivity index (χ0) is 8.55. The molecule has 0 bridgehead atoms. The quantitative estimate of drug-likeness (QED) is 0.744. The van der Waals surface area contributed by atoms with Crippen molar-refractivity contribution in [2.45, 2.75) is 32.2 Å². The van der Waals surface area contributed by atoms with Crippen LogP contribution in [0.2, 0.25) is 0 Å². The summed E-state index contributed by atoms with van der Waals surface area (Å²) in [5.41, 5.74) is 7.20. The first-order valence-corrected chi connectivity index (χ1v) is 5.42. The van der Waals surface area contributed by atoms with Crippen molar-refractivity contribution in [1.82, 2.24) is 0 Å². The molecule has 2 heteroatoms. The second-order valence-corrected chi connectivity index (χ2v) is 4.83. The molecule has 0 aliphatic heterocycles. The number of aryl methyl sites for hydroxylation is 1. The molecule has 0 atom stereocenters. The molecule has 12 heavy (non-hydrogen) atoms. The molecule has 2 rings (SSSR count). The maximum absolute atomic E-state index is 5.74. The summed E-state index contributed by atoms with van der Waals surface area (Å²) in [6.07, 6.45) is 3.73. The first kappa shape index (κ1) is 8.27. The average Bonchev–Trinajstić information content (AvgIpc) is 2.33. The van der Waals surface area contributed by atoms with Crippen LogP contribution in [0.5, 0.6) is 0 Å².